The van der Waals surface area contributed by atoms with E-state index in [0.717, 1.165) is 59.2 Å². The van der Waals surface area contributed by atoms with Gasteiger partial charge in [-0.25, -0.2) is 9.97 Å². The summed E-state index contributed by atoms with van der Waals surface area (Å²) in [5, 5.41) is 17.0. The van der Waals surface area contributed by atoms with Crippen LogP contribution in [0.4, 0.5) is 5.82 Å². The molecule has 3 aliphatic heterocycles. The molecule has 3 saturated heterocycles. The first-order valence-electron chi connectivity index (χ1n) is 13.6. The molecule has 2 N–H and O–H groups in total. The molecule has 5 heterocycles. The summed E-state index contributed by atoms with van der Waals surface area (Å²) in [5.74, 6) is 1.55. The zero-order chi connectivity index (χ0) is 25.8. The van der Waals surface area contributed by atoms with Gasteiger partial charge in [0.1, 0.15) is 18.2 Å². The van der Waals surface area contributed by atoms with Gasteiger partial charge in [0.2, 0.25) is 0 Å². The zero-order valence-electron chi connectivity index (χ0n) is 21.9. The van der Waals surface area contributed by atoms with E-state index in [9.17, 15) is 5.11 Å². The van der Waals surface area contributed by atoms with E-state index < -0.39 is 0 Å². The Morgan fingerprint density at radius 2 is 1.92 bits per heavy atom. The Bertz CT molecular complexity index is 1510. The third-order valence-electron chi connectivity index (χ3n) is 8.42. The van der Waals surface area contributed by atoms with Crippen LogP contribution in [-0.2, 0) is 0 Å². The standard InChI is InChI=1S/C29H33N7O2/c1-17-5-3-6-18-11-22(37)12-23(25(17)18)26-30-13-24-27(32-26)33-29(38-16-21-7-4-10-35(21)2)34-28(24)36-14-19-8-9-20(15-36)31-19/h3,5-6,11-13,19-21,31,37H,4,7-10,14-16H2,1-2H3. The molecule has 196 valence electrons. The number of rotatable bonds is 5. The number of aryl methyl sites for hydroxylation is 1. The van der Waals surface area contributed by atoms with Crippen molar-refractivity contribution in [1.29, 1.82) is 0 Å². The smallest absolute Gasteiger partial charge is 0.320 e. The number of aromatic nitrogens is 4. The largest absolute Gasteiger partial charge is 0.508 e. The van der Waals surface area contributed by atoms with Gasteiger partial charge in [-0.2, -0.15) is 9.97 Å². The lowest BCUT2D eigenvalue weighted by Crippen LogP contribution is -2.51. The van der Waals surface area contributed by atoms with Gasteiger partial charge in [0.25, 0.3) is 0 Å². The highest BCUT2D eigenvalue weighted by atomic mass is 16.5. The maximum Gasteiger partial charge on any atom is 0.320 e. The number of anilines is 1. The summed E-state index contributed by atoms with van der Waals surface area (Å²) in [6, 6.07) is 11.2. The summed E-state index contributed by atoms with van der Waals surface area (Å²) < 4.78 is 6.22. The van der Waals surface area contributed by atoms with Crippen molar-refractivity contribution in [2.24, 2.45) is 0 Å². The molecule has 2 bridgehead atoms. The van der Waals surface area contributed by atoms with Gasteiger partial charge in [-0.3, -0.25) is 0 Å². The second-order valence-electron chi connectivity index (χ2n) is 11.1. The van der Waals surface area contributed by atoms with Crippen LogP contribution in [0.3, 0.4) is 0 Å². The Balaban J connectivity index is 1.33. The SMILES string of the molecule is Cc1cccc2cc(O)cc(-c3ncc4c(N5CC6CCC(C5)N6)nc(OCC5CCCN5C)nc4n3)c12. The van der Waals surface area contributed by atoms with Crippen LogP contribution in [0.15, 0.2) is 36.5 Å². The molecule has 3 atom stereocenters. The number of nitrogens with one attached hydrogen (secondary N) is 1. The molecule has 0 saturated carbocycles. The topological polar surface area (TPSA) is 99.5 Å². The molecule has 7 rings (SSSR count). The van der Waals surface area contributed by atoms with Crippen LogP contribution in [0.2, 0.25) is 0 Å². The number of aromatic hydroxyl groups is 1. The molecular weight excluding hydrogens is 478 g/mol. The first kappa shape index (κ1) is 23.5. The molecule has 3 fully saturated rings. The summed E-state index contributed by atoms with van der Waals surface area (Å²) in [5.41, 5.74) is 2.45. The molecule has 2 aromatic heterocycles. The van der Waals surface area contributed by atoms with E-state index in [0.29, 0.717) is 42.2 Å². The van der Waals surface area contributed by atoms with Crippen molar-refractivity contribution < 1.29 is 9.84 Å². The lowest BCUT2D eigenvalue weighted by molar-refractivity contribution is 0.188. The molecule has 0 radical (unpaired) electrons. The molecule has 0 spiro atoms. The molecule has 0 amide bonds. The first-order valence-corrected chi connectivity index (χ1v) is 13.6. The van der Waals surface area contributed by atoms with Crippen LogP contribution in [0, 0.1) is 6.92 Å². The molecule has 3 unspecified atom stereocenters. The third-order valence-corrected chi connectivity index (χ3v) is 8.42. The van der Waals surface area contributed by atoms with Gasteiger partial charge in [-0.05, 0) is 74.7 Å². The van der Waals surface area contributed by atoms with E-state index in [-0.39, 0.29) is 5.75 Å². The van der Waals surface area contributed by atoms with E-state index >= 15 is 0 Å². The molecule has 3 aliphatic rings. The zero-order valence-corrected chi connectivity index (χ0v) is 21.9. The highest BCUT2D eigenvalue weighted by molar-refractivity contribution is 5.99. The monoisotopic (exact) mass is 511 g/mol. The van der Waals surface area contributed by atoms with Gasteiger partial charge in [-0.15, -0.1) is 0 Å². The molecular formula is C29H33N7O2. The minimum atomic E-state index is 0.186. The van der Waals surface area contributed by atoms with E-state index in [1.807, 2.05) is 18.3 Å². The molecule has 9 heteroatoms. The van der Waals surface area contributed by atoms with Crippen LogP contribution in [0.5, 0.6) is 11.8 Å². The summed E-state index contributed by atoms with van der Waals surface area (Å²) >= 11 is 0. The quantitative estimate of drug-likeness (QED) is 0.416. The van der Waals surface area contributed by atoms with Crippen molar-refractivity contribution in [1.82, 2.24) is 30.2 Å². The number of phenols is 1. The second kappa shape index (κ2) is 9.32. The van der Waals surface area contributed by atoms with E-state index in [2.05, 4.69) is 35.2 Å². The average Bonchev–Trinajstić information content (AvgIpc) is 3.49. The summed E-state index contributed by atoms with van der Waals surface area (Å²) in [6.45, 7) is 5.50. The molecule has 0 aliphatic carbocycles. The molecule has 9 nitrogen and oxygen atoms in total. The number of likely N-dealkylation sites (tertiary alicyclic amines) is 1. The van der Waals surface area contributed by atoms with Gasteiger partial charge < -0.3 is 25.0 Å². The van der Waals surface area contributed by atoms with Crippen molar-refractivity contribution in [3.8, 4) is 23.1 Å². The van der Waals surface area contributed by atoms with E-state index in [1.165, 1.54) is 19.3 Å². The minimum absolute atomic E-state index is 0.186. The van der Waals surface area contributed by atoms with Gasteiger partial charge in [0.15, 0.2) is 11.5 Å². The number of likely N-dealkylation sites (N-methyl/N-ethyl adjacent to an activating group) is 1. The highest BCUT2D eigenvalue weighted by Gasteiger charge is 2.34. The van der Waals surface area contributed by atoms with Crippen LogP contribution in [-0.4, -0.2) is 81.4 Å². The number of ether oxygens (including phenoxy) is 1. The van der Waals surface area contributed by atoms with E-state index in [1.54, 1.807) is 12.1 Å². The molecule has 38 heavy (non-hydrogen) atoms. The van der Waals surface area contributed by atoms with E-state index in [4.69, 9.17) is 24.7 Å². The Kier molecular flexibility index (Phi) is 5.78. The first-order chi connectivity index (χ1) is 18.5. The Morgan fingerprint density at radius 3 is 2.71 bits per heavy atom. The number of hydrogen-bond donors (Lipinski definition) is 2. The molecule has 2 aromatic carbocycles. The van der Waals surface area contributed by atoms with Crippen LogP contribution >= 0.6 is 0 Å². The predicted molar refractivity (Wildman–Crippen MR) is 148 cm³/mol. The lowest BCUT2D eigenvalue weighted by Gasteiger charge is -2.34. The minimum Gasteiger partial charge on any atom is -0.508 e. The number of nitrogens with zero attached hydrogens (tertiary/aromatic N) is 6. The van der Waals surface area contributed by atoms with Crippen LogP contribution in [0.1, 0.15) is 31.2 Å². The Hall–Kier alpha value is -3.56. The number of benzene rings is 2. The van der Waals surface area contributed by atoms with Crippen LogP contribution < -0.4 is 15.0 Å². The lowest BCUT2D eigenvalue weighted by atomic mass is 9.99. The van der Waals surface area contributed by atoms with Gasteiger partial charge in [0, 0.05) is 43.0 Å². The fraction of sp³-hybridized carbons (Fsp3) is 0.448. The maximum absolute atomic E-state index is 10.5. The van der Waals surface area contributed by atoms with Crippen molar-refractivity contribution in [2.45, 2.75) is 50.7 Å². The fourth-order valence-corrected chi connectivity index (χ4v) is 6.42. The third kappa shape index (κ3) is 4.19. The maximum atomic E-state index is 10.5. The second-order valence-corrected chi connectivity index (χ2v) is 11.1. The van der Waals surface area contributed by atoms with Crippen molar-refractivity contribution in [3.05, 3.63) is 42.1 Å². The average molecular weight is 512 g/mol. The summed E-state index contributed by atoms with van der Waals surface area (Å²) in [7, 11) is 2.14. The Labute approximate surface area is 221 Å². The normalized spacial score (nSPS) is 23.5. The number of piperazine rings is 1. The number of hydrogen-bond acceptors (Lipinski definition) is 9. The van der Waals surface area contributed by atoms with Crippen molar-refractivity contribution >= 4 is 27.6 Å². The van der Waals surface area contributed by atoms with Crippen molar-refractivity contribution in [2.75, 3.05) is 38.2 Å². The summed E-state index contributed by atoms with van der Waals surface area (Å²) in [6.07, 6.45) is 6.51. The predicted octanol–water partition coefficient (Wildman–Crippen LogP) is 3.67. The Morgan fingerprint density at radius 1 is 1.08 bits per heavy atom. The van der Waals surface area contributed by atoms with Gasteiger partial charge in [-0.1, -0.05) is 18.2 Å². The summed E-state index contributed by atoms with van der Waals surface area (Å²) in [4.78, 5) is 24.1. The number of phenolic OH excluding ortho intramolecular Hbond substituents is 1. The highest BCUT2D eigenvalue weighted by Crippen LogP contribution is 2.35. The van der Waals surface area contributed by atoms with Crippen molar-refractivity contribution in [3.63, 3.8) is 0 Å². The number of fused-ring (bicyclic) bond motifs is 4. The fourth-order valence-electron chi connectivity index (χ4n) is 6.42. The van der Waals surface area contributed by atoms with Gasteiger partial charge >= 0.3 is 6.01 Å². The molecule has 4 aromatic rings. The van der Waals surface area contributed by atoms with Crippen LogP contribution in [0.25, 0.3) is 33.2 Å². The van der Waals surface area contributed by atoms with Gasteiger partial charge in [0.05, 0.1) is 5.39 Å².